The largest absolute Gasteiger partial charge is 0.458 e. The maximum atomic E-state index is 12.3. The van der Waals surface area contributed by atoms with E-state index < -0.39 is 12.2 Å². The fourth-order valence-corrected chi connectivity index (χ4v) is 8.98. The molecule has 9 aromatic carbocycles. The van der Waals surface area contributed by atoms with Crippen LogP contribution in [0.5, 0.6) is 0 Å². The van der Waals surface area contributed by atoms with Gasteiger partial charge in [0.2, 0.25) is 0 Å². The third kappa shape index (κ3) is 7.63. The lowest BCUT2D eigenvalue weighted by molar-refractivity contribution is -0.153. The molecule has 6 nitrogen and oxygen atoms in total. The molecule has 6 heteroatoms. The molecule has 2 unspecified atom stereocenters. The summed E-state index contributed by atoms with van der Waals surface area (Å²) in [5, 5.41) is 7.07. The number of carbonyl (C=O) groups is 2. The Labute approximate surface area is 361 Å². The van der Waals surface area contributed by atoms with Crippen LogP contribution in [0.4, 0.5) is 34.1 Å². The van der Waals surface area contributed by atoms with Crippen molar-refractivity contribution in [1.82, 2.24) is 0 Å². The fraction of sp³-hybridized carbons (Fsp3) is 0.107. The zero-order valence-corrected chi connectivity index (χ0v) is 34.6. The van der Waals surface area contributed by atoms with Crippen LogP contribution in [0, 0.1) is 0 Å². The summed E-state index contributed by atoms with van der Waals surface area (Å²) in [6.45, 7) is 2.86. The molecular formula is C56H44N2O4. The van der Waals surface area contributed by atoms with Crippen LogP contribution < -0.4 is 9.80 Å². The van der Waals surface area contributed by atoms with Gasteiger partial charge in [0.1, 0.15) is 12.2 Å². The first-order chi connectivity index (χ1) is 30.3. The lowest BCUT2D eigenvalue weighted by Crippen LogP contribution is -2.22. The number of benzene rings is 9. The molecule has 0 N–H and O–H groups in total. The minimum Gasteiger partial charge on any atom is -0.458 e. The van der Waals surface area contributed by atoms with Gasteiger partial charge in [-0.05, 0) is 135 Å². The third-order valence-electron chi connectivity index (χ3n) is 11.9. The number of fused-ring (bicyclic) bond motifs is 4. The third-order valence-corrected chi connectivity index (χ3v) is 11.9. The predicted molar refractivity (Wildman–Crippen MR) is 252 cm³/mol. The van der Waals surface area contributed by atoms with Crippen molar-refractivity contribution in [3.63, 3.8) is 0 Å². The Morgan fingerprint density at radius 3 is 1.08 bits per heavy atom. The van der Waals surface area contributed by atoms with Crippen molar-refractivity contribution in [2.24, 2.45) is 0 Å². The van der Waals surface area contributed by atoms with Crippen LogP contribution in [0.2, 0.25) is 0 Å². The molecule has 0 bridgehead atoms. The number of hydrogen-bond acceptors (Lipinski definition) is 6. The second-order valence-electron chi connectivity index (χ2n) is 15.9. The minimum atomic E-state index is -0.448. The number of rotatable bonds is 9. The number of hydrogen-bond donors (Lipinski definition) is 0. The van der Waals surface area contributed by atoms with Gasteiger partial charge >= 0.3 is 11.9 Å². The first-order valence-corrected chi connectivity index (χ1v) is 21.1. The maximum absolute atomic E-state index is 12.3. The number of nitrogens with zero attached hydrogens (tertiary/aromatic N) is 2. The van der Waals surface area contributed by atoms with E-state index in [1.54, 1.807) is 0 Å². The molecule has 9 aromatic rings. The molecule has 1 aliphatic carbocycles. The highest BCUT2D eigenvalue weighted by molar-refractivity contribution is 5.93. The Morgan fingerprint density at radius 1 is 0.371 bits per heavy atom. The van der Waals surface area contributed by atoms with Crippen molar-refractivity contribution >= 4 is 78.4 Å². The second-order valence-corrected chi connectivity index (χ2v) is 15.9. The Kier molecular flexibility index (Phi) is 10.2. The monoisotopic (exact) mass is 808 g/mol. The average molecular weight is 809 g/mol. The fourth-order valence-electron chi connectivity index (χ4n) is 8.98. The van der Waals surface area contributed by atoms with Gasteiger partial charge < -0.3 is 19.3 Å². The number of ether oxygens (including phenoxy) is 2. The Bertz CT molecular complexity index is 3040. The molecule has 0 aromatic heterocycles. The molecule has 2 atom stereocenters. The first kappa shape index (κ1) is 38.5. The zero-order chi connectivity index (χ0) is 42.2. The van der Waals surface area contributed by atoms with Crippen molar-refractivity contribution in [2.75, 3.05) is 9.80 Å². The smallest absolute Gasteiger partial charge is 0.303 e. The van der Waals surface area contributed by atoms with Crippen molar-refractivity contribution in [1.29, 1.82) is 0 Å². The number of anilines is 6. The zero-order valence-electron chi connectivity index (χ0n) is 34.6. The van der Waals surface area contributed by atoms with Crippen LogP contribution in [0.25, 0.3) is 43.4 Å². The van der Waals surface area contributed by atoms with Crippen LogP contribution in [0.3, 0.4) is 0 Å². The Balaban J connectivity index is 1.02. The summed E-state index contributed by atoms with van der Waals surface area (Å²) >= 11 is 0. The van der Waals surface area contributed by atoms with Crippen molar-refractivity contribution in [3.05, 3.63) is 205 Å². The highest BCUT2D eigenvalue weighted by atomic mass is 16.6. The van der Waals surface area contributed by atoms with E-state index in [2.05, 4.69) is 192 Å². The summed E-state index contributed by atoms with van der Waals surface area (Å²) in [6, 6.07) is 68.6. The lowest BCUT2D eigenvalue weighted by Gasteiger charge is -2.33. The first-order valence-electron chi connectivity index (χ1n) is 21.1. The molecule has 0 amide bonds. The summed E-state index contributed by atoms with van der Waals surface area (Å²) in [6.07, 6.45) is 0.276. The summed E-state index contributed by atoms with van der Waals surface area (Å²) < 4.78 is 11.6. The average Bonchev–Trinajstić information content (AvgIpc) is 3.30. The van der Waals surface area contributed by atoms with E-state index >= 15 is 0 Å². The molecule has 0 aliphatic heterocycles. The van der Waals surface area contributed by atoms with Gasteiger partial charge in [-0.3, -0.25) is 9.59 Å². The maximum Gasteiger partial charge on any atom is 0.303 e. The summed E-state index contributed by atoms with van der Waals surface area (Å²) in [5.41, 5.74) is 10.00. The lowest BCUT2D eigenvalue weighted by atomic mass is 9.86. The molecule has 0 spiro atoms. The molecular weight excluding hydrogens is 765 g/mol. The summed E-state index contributed by atoms with van der Waals surface area (Å²) in [7, 11) is 0. The molecule has 0 radical (unpaired) electrons. The van der Waals surface area contributed by atoms with Crippen LogP contribution in [0.15, 0.2) is 194 Å². The molecule has 10 rings (SSSR count). The highest BCUT2D eigenvalue weighted by Gasteiger charge is 2.32. The van der Waals surface area contributed by atoms with Crippen molar-refractivity contribution in [3.8, 4) is 11.1 Å². The van der Waals surface area contributed by atoms with Crippen molar-refractivity contribution in [2.45, 2.75) is 38.9 Å². The molecule has 0 saturated heterocycles. The van der Waals surface area contributed by atoms with Crippen LogP contribution in [0.1, 0.15) is 50.0 Å². The molecule has 1 aliphatic rings. The Morgan fingerprint density at radius 2 is 0.694 bits per heavy atom. The van der Waals surface area contributed by atoms with Crippen molar-refractivity contribution < 1.29 is 19.1 Å². The predicted octanol–water partition coefficient (Wildman–Crippen LogP) is 14.8. The summed E-state index contributed by atoms with van der Waals surface area (Å²) in [5.74, 6) is -0.682. The van der Waals surface area contributed by atoms with E-state index in [0.29, 0.717) is 12.8 Å². The van der Waals surface area contributed by atoms with Crippen LogP contribution >= 0.6 is 0 Å². The van der Waals surface area contributed by atoms with E-state index in [0.717, 1.165) is 67.2 Å². The Hall–Kier alpha value is -7.70. The van der Waals surface area contributed by atoms with Gasteiger partial charge in [-0.2, -0.15) is 0 Å². The molecule has 0 fully saturated rings. The van der Waals surface area contributed by atoms with E-state index in [1.807, 2.05) is 12.1 Å². The topological polar surface area (TPSA) is 59.1 Å². The normalized spacial score (nSPS) is 14.6. The molecule has 62 heavy (non-hydrogen) atoms. The SMILES string of the molecule is CC(=O)OC1CCC(OC(C)=O)c2cc(N(c3ccc(-c4ccc(N(c5ccc6ccccc6c5)c5ccc6ccccc6c5)cc4)cc3)c3ccc4ccccc4c3)ccc21. The standard InChI is InChI=1S/C56H44N2O4/c1-37(59)61-55-31-32-56(62-38(2)60)54-36-52(29-30-53(54)55)58(51-28-21-41-11-5-8-14-46(41)35-51)48-24-17-43(18-25-48)42-15-22-47(23-16-42)57(49-26-19-39-9-3-6-12-44(39)33-49)50-27-20-40-10-4-7-13-45(40)34-50/h3-30,33-36,55-56H,31-32H2,1-2H3. The van der Waals surface area contributed by atoms with Gasteiger partial charge in [-0.15, -0.1) is 0 Å². The van der Waals surface area contributed by atoms with Crippen LogP contribution in [-0.4, -0.2) is 11.9 Å². The van der Waals surface area contributed by atoms with Gasteiger partial charge in [-0.1, -0.05) is 121 Å². The van der Waals surface area contributed by atoms with Crippen LogP contribution in [-0.2, 0) is 19.1 Å². The summed E-state index contributed by atoms with van der Waals surface area (Å²) in [4.78, 5) is 28.9. The van der Waals surface area contributed by atoms with E-state index in [1.165, 1.54) is 35.4 Å². The van der Waals surface area contributed by atoms with Gasteiger partial charge in [0.05, 0.1) is 0 Å². The van der Waals surface area contributed by atoms with Gasteiger partial charge in [-0.25, -0.2) is 0 Å². The molecule has 302 valence electrons. The van der Waals surface area contributed by atoms with E-state index in [4.69, 9.17) is 9.47 Å². The molecule has 0 saturated carbocycles. The quantitative estimate of drug-likeness (QED) is 0.135. The molecule has 0 heterocycles. The number of carbonyl (C=O) groups excluding carboxylic acids is 2. The van der Waals surface area contributed by atoms with Gasteiger partial charge in [0.15, 0.2) is 0 Å². The van der Waals surface area contributed by atoms with E-state index in [-0.39, 0.29) is 11.9 Å². The van der Waals surface area contributed by atoms with Gasteiger partial charge in [0.25, 0.3) is 0 Å². The highest BCUT2D eigenvalue weighted by Crippen LogP contribution is 2.45. The van der Waals surface area contributed by atoms with Gasteiger partial charge in [0, 0.05) is 53.5 Å². The number of esters is 2. The second kappa shape index (κ2) is 16.4. The minimum absolute atomic E-state index is 0.337. The van der Waals surface area contributed by atoms with E-state index in [9.17, 15) is 9.59 Å².